The maximum Gasteiger partial charge on any atom is 0.418 e. The van der Waals surface area contributed by atoms with Gasteiger partial charge in [-0.1, -0.05) is 49.0 Å². The molecule has 1 aromatic heterocycles. The van der Waals surface area contributed by atoms with E-state index < -0.39 is 17.6 Å². The fourth-order valence-electron chi connectivity index (χ4n) is 2.97. The summed E-state index contributed by atoms with van der Waals surface area (Å²) in [5, 5.41) is 11.0. The highest BCUT2D eigenvalue weighted by molar-refractivity contribution is 7.99. The number of nitrogens with one attached hydrogen (secondary N) is 1. The van der Waals surface area contributed by atoms with E-state index in [1.54, 1.807) is 10.6 Å². The maximum absolute atomic E-state index is 13.1. The number of halogens is 3. The molecular formula is C23H23F3N4O2S. The van der Waals surface area contributed by atoms with E-state index in [0.717, 1.165) is 24.2 Å². The van der Waals surface area contributed by atoms with Crippen LogP contribution in [-0.4, -0.2) is 26.4 Å². The van der Waals surface area contributed by atoms with Crippen molar-refractivity contribution >= 4 is 23.4 Å². The summed E-state index contributed by atoms with van der Waals surface area (Å²) in [6, 6.07) is 12.6. The summed E-state index contributed by atoms with van der Waals surface area (Å²) in [5.41, 5.74) is 0.0166. The van der Waals surface area contributed by atoms with Crippen LogP contribution >= 0.6 is 11.8 Å². The number of thioether (sulfide) groups is 1. The number of aromatic nitrogens is 3. The van der Waals surface area contributed by atoms with Gasteiger partial charge in [0.15, 0.2) is 11.0 Å². The SMILES string of the molecule is C=CCn1c(COc2ccc(CC)cc2)nnc1SCC(=O)Nc1ccccc1C(F)(F)F. The summed E-state index contributed by atoms with van der Waals surface area (Å²) in [6.07, 6.45) is -1.97. The summed E-state index contributed by atoms with van der Waals surface area (Å²) in [5.74, 6) is 0.511. The van der Waals surface area contributed by atoms with Crippen LogP contribution in [0, 0.1) is 0 Å². The summed E-state index contributed by atoms with van der Waals surface area (Å²) in [7, 11) is 0. The van der Waals surface area contributed by atoms with Gasteiger partial charge >= 0.3 is 6.18 Å². The molecule has 0 saturated heterocycles. The van der Waals surface area contributed by atoms with E-state index in [0.29, 0.717) is 23.3 Å². The van der Waals surface area contributed by atoms with Gasteiger partial charge in [-0.25, -0.2) is 0 Å². The number of nitrogens with zero attached hydrogens (tertiary/aromatic N) is 3. The predicted octanol–water partition coefficient (Wildman–Crippen LogP) is 5.36. The topological polar surface area (TPSA) is 69.0 Å². The van der Waals surface area contributed by atoms with Crippen molar-refractivity contribution in [1.29, 1.82) is 0 Å². The summed E-state index contributed by atoms with van der Waals surface area (Å²) in [4.78, 5) is 12.3. The molecule has 0 saturated carbocycles. The molecule has 0 bridgehead atoms. The Hall–Kier alpha value is -3.27. The fraction of sp³-hybridized carbons (Fsp3) is 0.261. The van der Waals surface area contributed by atoms with Crippen LogP contribution in [0.1, 0.15) is 23.9 Å². The van der Waals surface area contributed by atoms with E-state index in [4.69, 9.17) is 4.74 Å². The number of hydrogen-bond acceptors (Lipinski definition) is 5. The van der Waals surface area contributed by atoms with E-state index in [1.165, 1.54) is 23.8 Å². The normalized spacial score (nSPS) is 11.3. The van der Waals surface area contributed by atoms with E-state index in [9.17, 15) is 18.0 Å². The number of carbonyl (C=O) groups excluding carboxylic acids is 1. The van der Waals surface area contributed by atoms with Gasteiger partial charge in [-0.05, 0) is 36.2 Å². The Balaban J connectivity index is 1.63. The molecule has 3 aromatic rings. The number of allylic oxidation sites excluding steroid dienone is 1. The Morgan fingerprint density at radius 1 is 1.18 bits per heavy atom. The van der Waals surface area contributed by atoms with E-state index in [1.807, 2.05) is 24.3 Å². The van der Waals surface area contributed by atoms with Crippen LogP contribution in [0.2, 0.25) is 0 Å². The van der Waals surface area contributed by atoms with Crippen LogP contribution in [0.3, 0.4) is 0 Å². The maximum atomic E-state index is 13.1. The first-order valence-corrected chi connectivity index (χ1v) is 11.1. The molecule has 1 N–H and O–H groups in total. The zero-order chi connectivity index (χ0) is 23.8. The molecule has 6 nitrogen and oxygen atoms in total. The van der Waals surface area contributed by atoms with Gasteiger partial charge in [0, 0.05) is 6.54 Å². The lowest BCUT2D eigenvalue weighted by Gasteiger charge is -2.13. The molecule has 0 aliphatic heterocycles. The monoisotopic (exact) mass is 476 g/mol. The second-order valence-corrected chi connectivity index (χ2v) is 7.91. The first-order valence-electron chi connectivity index (χ1n) is 10.2. The molecule has 3 rings (SSSR count). The Morgan fingerprint density at radius 3 is 2.58 bits per heavy atom. The highest BCUT2D eigenvalue weighted by atomic mass is 32.2. The van der Waals surface area contributed by atoms with Gasteiger partial charge < -0.3 is 10.1 Å². The van der Waals surface area contributed by atoms with Crippen molar-refractivity contribution in [2.24, 2.45) is 0 Å². The lowest BCUT2D eigenvalue weighted by atomic mass is 10.1. The van der Waals surface area contributed by atoms with Gasteiger partial charge in [-0.3, -0.25) is 9.36 Å². The fourth-order valence-corrected chi connectivity index (χ4v) is 3.74. The quantitative estimate of drug-likeness (QED) is 0.315. The van der Waals surface area contributed by atoms with Crippen molar-refractivity contribution in [3.63, 3.8) is 0 Å². The third-order valence-electron chi connectivity index (χ3n) is 4.64. The molecule has 0 aliphatic carbocycles. The molecule has 33 heavy (non-hydrogen) atoms. The lowest BCUT2D eigenvalue weighted by Crippen LogP contribution is -2.18. The molecule has 10 heteroatoms. The molecule has 1 heterocycles. The molecular weight excluding hydrogens is 453 g/mol. The van der Waals surface area contributed by atoms with Crippen molar-refractivity contribution in [3.8, 4) is 5.75 Å². The molecule has 0 unspecified atom stereocenters. The highest BCUT2D eigenvalue weighted by Crippen LogP contribution is 2.34. The summed E-state index contributed by atoms with van der Waals surface area (Å²) < 4.78 is 46.9. The van der Waals surface area contributed by atoms with Crippen LogP contribution in [-0.2, 0) is 30.5 Å². The van der Waals surface area contributed by atoms with Crippen molar-refractivity contribution in [2.45, 2.75) is 37.8 Å². The molecule has 2 aromatic carbocycles. The average Bonchev–Trinajstić information content (AvgIpc) is 3.18. The van der Waals surface area contributed by atoms with E-state index in [-0.39, 0.29) is 18.0 Å². The minimum atomic E-state index is -4.56. The second kappa shape index (κ2) is 11.0. The molecule has 0 fully saturated rings. The molecule has 0 spiro atoms. The van der Waals surface area contributed by atoms with Crippen LogP contribution in [0.25, 0.3) is 0 Å². The van der Waals surface area contributed by atoms with Gasteiger partial charge in [0.25, 0.3) is 0 Å². The second-order valence-electron chi connectivity index (χ2n) is 6.96. The Morgan fingerprint density at radius 2 is 1.91 bits per heavy atom. The van der Waals surface area contributed by atoms with Crippen LogP contribution in [0.15, 0.2) is 66.3 Å². The minimum Gasteiger partial charge on any atom is -0.486 e. The minimum absolute atomic E-state index is 0.138. The Kier molecular flexibility index (Phi) is 8.16. The first kappa shape index (κ1) is 24.4. The number of alkyl halides is 3. The third-order valence-corrected chi connectivity index (χ3v) is 5.61. The zero-order valence-electron chi connectivity index (χ0n) is 17.9. The smallest absolute Gasteiger partial charge is 0.418 e. The van der Waals surface area contributed by atoms with Crippen molar-refractivity contribution < 1.29 is 22.7 Å². The molecule has 0 atom stereocenters. The number of aryl methyl sites for hydroxylation is 1. The van der Waals surface area contributed by atoms with Crippen molar-refractivity contribution in [1.82, 2.24) is 14.8 Å². The Labute approximate surface area is 193 Å². The van der Waals surface area contributed by atoms with Gasteiger partial charge in [-0.15, -0.1) is 16.8 Å². The predicted molar refractivity (Wildman–Crippen MR) is 121 cm³/mol. The number of para-hydroxylation sites is 1. The van der Waals surface area contributed by atoms with Crippen molar-refractivity contribution in [3.05, 3.63) is 78.1 Å². The molecule has 1 amide bonds. The summed E-state index contributed by atoms with van der Waals surface area (Å²) in [6.45, 7) is 6.35. The summed E-state index contributed by atoms with van der Waals surface area (Å²) >= 11 is 1.07. The van der Waals surface area contributed by atoms with Crippen molar-refractivity contribution in [2.75, 3.05) is 11.1 Å². The van der Waals surface area contributed by atoms with E-state index in [2.05, 4.69) is 29.0 Å². The zero-order valence-corrected chi connectivity index (χ0v) is 18.7. The number of benzene rings is 2. The van der Waals surface area contributed by atoms with Gasteiger partial charge in [-0.2, -0.15) is 13.2 Å². The third kappa shape index (κ3) is 6.61. The Bertz CT molecular complexity index is 1100. The number of anilines is 1. The van der Waals surface area contributed by atoms with E-state index >= 15 is 0 Å². The first-order chi connectivity index (χ1) is 15.8. The van der Waals surface area contributed by atoms with Crippen LogP contribution in [0.4, 0.5) is 18.9 Å². The molecule has 0 radical (unpaired) electrons. The standard InChI is InChI=1S/C23H23F3N4O2S/c1-3-13-30-20(14-32-17-11-9-16(4-2)10-12-17)28-29-22(30)33-15-21(31)27-19-8-6-5-7-18(19)23(24,25)26/h3,5-12H,1,4,13-15H2,2H3,(H,27,31). The molecule has 0 aliphatic rings. The average molecular weight is 477 g/mol. The number of rotatable bonds is 10. The highest BCUT2D eigenvalue weighted by Gasteiger charge is 2.33. The van der Waals surface area contributed by atoms with Gasteiger partial charge in [0.1, 0.15) is 12.4 Å². The lowest BCUT2D eigenvalue weighted by molar-refractivity contribution is -0.137. The van der Waals surface area contributed by atoms with Gasteiger partial charge in [0.05, 0.1) is 17.0 Å². The van der Waals surface area contributed by atoms with Crippen LogP contribution in [0.5, 0.6) is 5.75 Å². The number of amides is 1. The van der Waals surface area contributed by atoms with Gasteiger partial charge in [0.2, 0.25) is 5.91 Å². The number of hydrogen-bond donors (Lipinski definition) is 1. The largest absolute Gasteiger partial charge is 0.486 e. The number of ether oxygens (including phenoxy) is 1. The number of carbonyl (C=O) groups is 1. The van der Waals surface area contributed by atoms with Crippen LogP contribution < -0.4 is 10.1 Å². The molecule has 174 valence electrons.